The number of halogens is 2. The number of benzene rings is 2. The summed E-state index contributed by atoms with van der Waals surface area (Å²) in [4.78, 5) is 24.3. The standard InChI is InChI=1S/C22H23F2NO4/c1-28-20(26)14-25-21(27)22(7-9-29-10-8-22)13-15-3-2-4-16(11-15)17-5-6-18(23)19(24)12-17/h2-6,11-12H,7-10,13-14H2,1H3,(H,25,27). The van der Waals surface area contributed by atoms with E-state index < -0.39 is 23.0 Å². The first-order valence-electron chi connectivity index (χ1n) is 9.41. The van der Waals surface area contributed by atoms with Crippen LogP contribution >= 0.6 is 0 Å². The molecule has 0 spiro atoms. The Kier molecular flexibility index (Phi) is 6.59. The first-order chi connectivity index (χ1) is 13.9. The van der Waals surface area contributed by atoms with Crippen molar-refractivity contribution in [3.8, 4) is 11.1 Å². The molecule has 0 bridgehead atoms. The zero-order valence-corrected chi connectivity index (χ0v) is 16.2. The highest BCUT2D eigenvalue weighted by atomic mass is 19.2. The van der Waals surface area contributed by atoms with Crippen LogP contribution in [0.3, 0.4) is 0 Å². The number of hydrogen-bond donors (Lipinski definition) is 1. The van der Waals surface area contributed by atoms with Crippen LogP contribution in [0.5, 0.6) is 0 Å². The second-order valence-corrected chi connectivity index (χ2v) is 7.16. The quantitative estimate of drug-likeness (QED) is 0.752. The average Bonchev–Trinajstić information content (AvgIpc) is 2.74. The molecule has 29 heavy (non-hydrogen) atoms. The molecule has 1 fully saturated rings. The molecule has 1 amide bonds. The highest BCUT2D eigenvalue weighted by molar-refractivity contribution is 5.86. The maximum atomic E-state index is 13.6. The van der Waals surface area contributed by atoms with Gasteiger partial charge in [-0.1, -0.05) is 30.3 Å². The zero-order valence-electron chi connectivity index (χ0n) is 16.2. The molecule has 1 aliphatic heterocycles. The summed E-state index contributed by atoms with van der Waals surface area (Å²) >= 11 is 0. The maximum Gasteiger partial charge on any atom is 0.325 e. The molecule has 1 aliphatic rings. The third-order valence-corrected chi connectivity index (χ3v) is 5.27. The minimum atomic E-state index is -0.906. The molecule has 2 aromatic rings. The zero-order chi connectivity index (χ0) is 20.9. The van der Waals surface area contributed by atoms with Gasteiger partial charge < -0.3 is 14.8 Å². The van der Waals surface area contributed by atoms with Crippen LogP contribution in [0.1, 0.15) is 18.4 Å². The predicted octanol–water partition coefficient (Wildman–Crippen LogP) is 3.26. The summed E-state index contributed by atoms with van der Waals surface area (Å²) < 4.78 is 36.9. The molecule has 0 saturated carbocycles. The molecule has 154 valence electrons. The normalized spacial score (nSPS) is 15.6. The summed E-state index contributed by atoms with van der Waals surface area (Å²) in [6.07, 6.45) is 1.49. The number of amides is 1. The predicted molar refractivity (Wildman–Crippen MR) is 103 cm³/mol. The van der Waals surface area contributed by atoms with Gasteiger partial charge in [-0.15, -0.1) is 0 Å². The molecule has 2 aromatic carbocycles. The summed E-state index contributed by atoms with van der Waals surface area (Å²) in [5, 5.41) is 2.66. The van der Waals surface area contributed by atoms with Crippen molar-refractivity contribution < 1.29 is 27.8 Å². The van der Waals surface area contributed by atoms with E-state index in [1.54, 1.807) is 0 Å². The van der Waals surface area contributed by atoms with E-state index in [2.05, 4.69) is 10.1 Å². The van der Waals surface area contributed by atoms with Gasteiger partial charge in [0.25, 0.3) is 0 Å². The summed E-state index contributed by atoms with van der Waals surface area (Å²) in [6, 6.07) is 11.2. The first-order valence-corrected chi connectivity index (χ1v) is 9.41. The molecule has 0 radical (unpaired) electrons. The van der Waals surface area contributed by atoms with Gasteiger partial charge >= 0.3 is 5.97 Å². The van der Waals surface area contributed by atoms with Gasteiger partial charge in [-0.3, -0.25) is 9.59 Å². The number of ether oxygens (including phenoxy) is 2. The topological polar surface area (TPSA) is 64.6 Å². The van der Waals surface area contributed by atoms with E-state index in [0.717, 1.165) is 23.3 Å². The number of rotatable bonds is 6. The lowest BCUT2D eigenvalue weighted by atomic mass is 9.74. The van der Waals surface area contributed by atoms with Crippen LogP contribution in [0.2, 0.25) is 0 Å². The lowest BCUT2D eigenvalue weighted by Gasteiger charge is -2.36. The number of esters is 1. The van der Waals surface area contributed by atoms with Gasteiger partial charge in [0.1, 0.15) is 6.54 Å². The Labute approximate surface area is 168 Å². The minimum Gasteiger partial charge on any atom is -0.468 e. The lowest BCUT2D eigenvalue weighted by Crippen LogP contribution is -2.47. The largest absolute Gasteiger partial charge is 0.468 e. The molecule has 1 saturated heterocycles. The Morgan fingerprint density at radius 2 is 1.79 bits per heavy atom. The van der Waals surface area contributed by atoms with E-state index in [4.69, 9.17) is 4.74 Å². The Bertz CT molecular complexity index is 894. The van der Waals surface area contributed by atoms with Gasteiger partial charge in [-0.25, -0.2) is 8.78 Å². The van der Waals surface area contributed by atoms with E-state index in [9.17, 15) is 18.4 Å². The van der Waals surface area contributed by atoms with Crippen molar-refractivity contribution in [3.63, 3.8) is 0 Å². The molecule has 1 heterocycles. The number of carbonyl (C=O) groups excluding carboxylic acids is 2. The van der Waals surface area contributed by atoms with E-state index in [1.165, 1.54) is 13.2 Å². The summed E-state index contributed by atoms with van der Waals surface area (Å²) in [5.41, 5.74) is 1.47. The maximum absolute atomic E-state index is 13.6. The second kappa shape index (κ2) is 9.13. The van der Waals surface area contributed by atoms with Gasteiger partial charge in [0.2, 0.25) is 5.91 Å². The molecule has 0 aromatic heterocycles. The highest BCUT2D eigenvalue weighted by Crippen LogP contribution is 2.35. The van der Waals surface area contributed by atoms with Crippen molar-refractivity contribution in [1.82, 2.24) is 5.32 Å². The Morgan fingerprint density at radius 3 is 2.48 bits per heavy atom. The van der Waals surface area contributed by atoms with Crippen LogP contribution in [0.4, 0.5) is 8.78 Å². The molecule has 0 atom stereocenters. The lowest BCUT2D eigenvalue weighted by molar-refractivity contribution is -0.144. The van der Waals surface area contributed by atoms with Crippen molar-refractivity contribution in [1.29, 1.82) is 0 Å². The Balaban J connectivity index is 1.83. The third kappa shape index (κ3) is 4.98. The van der Waals surface area contributed by atoms with Gasteiger partial charge in [-0.05, 0) is 48.1 Å². The SMILES string of the molecule is COC(=O)CNC(=O)C1(Cc2cccc(-c3ccc(F)c(F)c3)c2)CCOCC1. The average molecular weight is 403 g/mol. The molecule has 3 rings (SSSR count). The van der Waals surface area contributed by atoms with Crippen LogP contribution in [0.25, 0.3) is 11.1 Å². The van der Waals surface area contributed by atoms with Crippen LogP contribution < -0.4 is 5.32 Å². The van der Waals surface area contributed by atoms with Crippen molar-refractivity contribution in [2.75, 3.05) is 26.9 Å². The monoisotopic (exact) mass is 403 g/mol. The van der Waals surface area contributed by atoms with Crippen molar-refractivity contribution >= 4 is 11.9 Å². The van der Waals surface area contributed by atoms with Crippen molar-refractivity contribution in [2.24, 2.45) is 5.41 Å². The smallest absolute Gasteiger partial charge is 0.325 e. The molecular formula is C22H23F2NO4. The number of carbonyl (C=O) groups is 2. The fraction of sp³-hybridized carbons (Fsp3) is 0.364. The molecule has 7 heteroatoms. The fourth-order valence-corrected chi connectivity index (χ4v) is 3.59. The van der Waals surface area contributed by atoms with Crippen molar-refractivity contribution in [2.45, 2.75) is 19.3 Å². The van der Waals surface area contributed by atoms with E-state index in [-0.39, 0.29) is 12.5 Å². The van der Waals surface area contributed by atoms with Gasteiger partial charge in [0, 0.05) is 13.2 Å². The Morgan fingerprint density at radius 1 is 1.07 bits per heavy atom. The van der Waals surface area contributed by atoms with Crippen LogP contribution in [0.15, 0.2) is 42.5 Å². The van der Waals surface area contributed by atoms with Crippen LogP contribution in [-0.2, 0) is 25.5 Å². The molecule has 0 aliphatic carbocycles. The second-order valence-electron chi connectivity index (χ2n) is 7.16. The third-order valence-electron chi connectivity index (χ3n) is 5.27. The fourth-order valence-electron chi connectivity index (χ4n) is 3.59. The van der Waals surface area contributed by atoms with Gasteiger partial charge in [0.15, 0.2) is 11.6 Å². The van der Waals surface area contributed by atoms with Gasteiger partial charge in [0.05, 0.1) is 12.5 Å². The molecular weight excluding hydrogens is 380 g/mol. The summed E-state index contributed by atoms with van der Waals surface area (Å²) in [7, 11) is 1.27. The first kappa shape index (κ1) is 20.9. The van der Waals surface area contributed by atoms with E-state index in [1.807, 2.05) is 24.3 Å². The van der Waals surface area contributed by atoms with E-state index in [0.29, 0.717) is 38.0 Å². The van der Waals surface area contributed by atoms with Crippen molar-refractivity contribution in [3.05, 3.63) is 59.7 Å². The van der Waals surface area contributed by atoms with Crippen LogP contribution in [-0.4, -0.2) is 38.7 Å². The van der Waals surface area contributed by atoms with Crippen LogP contribution in [0, 0.1) is 17.0 Å². The molecule has 0 unspecified atom stereocenters. The number of hydrogen-bond acceptors (Lipinski definition) is 4. The minimum absolute atomic E-state index is 0.188. The highest BCUT2D eigenvalue weighted by Gasteiger charge is 2.40. The summed E-state index contributed by atoms with van der Waals surface area (Å²) in [6.45, 7) is 0.718. The Hall–Kier alpha value is -2.80. The molecule has 5 nitrogen and oxygen atoms in total. The molecule has 1 N–H and O–H groups in total. The summed E-state index contributed by atoms with van der Waals surface area (Å²) in [5.74, 6) is -2.53. The van der Waals surface area contributed by atoms with E-state index >= 15 is 0 Å². The number of nitrogens with one attached hydrogen (secondary N) is 1. The van der Waals surface area contributed by atoms with Gasteiger partial charge in [-0.2, -0.15) is 0 Å². The number of methoxy groups -OCH3 is 1.